The van der Waals surface area contributed by atoms with Crippen LogP contribution in [0.1, 0.15) is 34.7 Å². The van der Waals surface area contributed by atoms with Crippen LogP contribution in [0.2, 0.25) is 0 Å². The third-order valence-corrected chi connectivity index (χ3v) is 5.10. The van der Waals surface area contributed by atoms with Crippen molar-refractivity contribution in [3.05, 3.63) is 82.4 Å². The maximum atomic E-state index is 2.32. The standard InChI is InChI=1S/C24H26/c1-6-20-9-10-23(14-18(20)4)24-12-11-22(15-19(24)5)21-8-7-16(2)17(3)13-21/h7-15H,6H2,1-5H3. The van der Waals surface area contributed by atoms with Gasteiger partial charge in [0.1, 0.15) is 0 Å². The monoisotopic (exact) mass is 314 g/mol. The summed E-state index contributed by atoms with van der Waals surface area (Å²) in [4.78, 5) is 0. The van der Waals surface area contributed by atoms with Gasteiger partial charge in [-0.1, -0.05) is 61.5 Å². The van der Waals surface area contributed by atoms with E-state index in [0.717, 1.165) is 6.42 Å². The summed E-state index contributed by atoms with van der Waals surface area (Å²) in [5.74, 6) is 0. The fourth-order valence-electron chi connectivity index (χ4n) is 3.35. The van der Waals surface area contributed by atoms with Crippen molar-refractivity contribution in [1.29, 1.82) is 0 Å². The van der Waals surface area contributed by atoms with Crippen molar-refractivity contribution in [2.45, 2.75) is 41.0 Å². The van der Waals surface area contributed by atoms with Crippen molar-refractivity contribution in [2.24, 2.45) is 0 Å². The molecule has 0 aromatic heterocycles. The van der Waals surface area contributed by atoms with Crippen LogP contribution < -0.4 is 0 Å². The summed E-state index contributed by atoms with van der Waals surface area (Å²) in [7, 11) is 0. The van der Waals surface area contributed by atoms with E-state index in [2.05, 4.69) is 89.2 Å². The molecule has 0 heteroatoms. The SMILES string of the molecule is CCc1ccc(-c2ccc(-c3ccc(C)c(C)c3)cc2C)cc1C. The highest BCUT2D eigenvalue weighted by Crippen LogP contribution is 2.30. The Morgan fingerprint density at radius 3 is 1.71 bits per heavy atom. The number of hydrogen-bond donors (Lipinski definition) is 0. The molecule has 0 saturated heterocycles. The Kier molecular flexibility index (Phi) is 4.57. The van der Waals surface area contributed by atoms with Crippen molar-refractivity contribution in [1.82, 2.24) is 0 Å². The lowest BCUT2D eigenvalue weighted by molar-refractivity contribution is 1.11. The summed E-state index contributed by atoms with van der Waals surface area (Å²) >= 11 is 0. The highest BCUT2D eigenvalue weighted by Gasteiger charge is 2.07. The average Bonchev–Trinajstić information content (AvgIpc) is 2.57. The lowest BCUT2D eigenvalue weighted by Gasteiger charge is -2.12. The third-order valence-electron chi connectivity index (χ3n) is 5.10. The third kappa shape index (κ3) is 3.14. The number of hydrogen-bond acceptors (Lipinski definition) is 0. The van der Waals surface area contributed by atoms with Crippen molar-refractivity contribution in [2.75, 3.05) is 0 Å². The first-order chi connectivity index (χ1) is 11.5. The van der Waals surface area contributed by atoms with E-state index >= 15 is 0 Å². The molecule has 0 aliphatic carbocycles. The van der Waals surface area contributed by atoms with Crippen molar-refractivity contribution >= 4 is 0 Å². The molecule has 0 bridgehead atoms. The lowest BCUT2D eigenvalue weighted by Crippen LogP contribution is -1.90. The molecule has 3 aromatic carbocycles. The Morgan fingerprint density at radius 1 is 0.542 bits per heavy atom. The molecule has 0 aliphatic rings. The molecule has 0 nitrogen and oxygen atoms in total. The summed E-state index contributed by atoms with van der Waals surface area (Å²) in [6.07, 6.45) is 1.09. The second-order valence-electron chi connectivity index (χ2n) is 6.82. The summed E-state index contributed by atoms with van der Waals surface area (Å²) in [5.41, 5.74) is 12.1. The minimum absolute atomic E-state index is 1.09. The number of benzene rings is 3. The first-order valence-corrected chi connectivity index (χ1v) is 8.77. The van der Waals surface area contributed by atoms with Gasteiger partial charge >= 0.3 is 0 Å². The summed E-state index contributed by atoms with van der Waals surface area (Å²) in [6.45, 7) is 11.0. The smallest absolute Gasteiger partial charge is 0.0154 e. The largest absolute Gasteiger partial charge is 0.0613 e. The predicted molar refractivity (Wildman–Crippen MR) is 106 cm³/mol. The zero-order valence-corrected chi connectivity index (χ0v) is 15.4. The van der Waals surface area contributed by atoms with Gasteiger partial charge in [0, 0.05) is 0 Å². The minimum Gasteiger partial charge on any atom is -0.0613 e. The van der Waals surface area contributed by atoms with Gasteiger partial charge < -0.3 is 0 Å². The molecule has 0 amide bonds. The molecular weight excluding hydrogens is 288 g/mol. The normalized spacial score (nSPS) is 10.9. The van der Waals surface area contributed by atoms with Crippen molar-refractivity contribution in [3.8, 4) is 22.3 Å². The van der Waals surface area contributed by atoms with Crippen LogP contribution in [0.25, 0.3) is 22.3 Å². The van der Waals surface area contributed by atoms with E-state index in [1.807, 2.05) is 0 Å². The Morgan fingerprint density at radius 2 is 1.12 bits per heavy atom. The van der Waals surface area contributed by atoms with E-state index in [4.69, 9.17) is 0 Å². The Bertz CT molecular complexity index is 885. The molecule has 0 heterocycles. The Labute approximate surface area is 146 Å². The van der Waals surface area contributed by atoms with Crippen LogP contribution in [0, 0.1) is 27.7 Å². The molecule has 24 heavy (non-hydrogen) atoms. The minimum atomic E-state index is 1.09. The van der Waals surface area contributed by atoms with E-state index in [9.17, 15) is 0 Å². The molecule has 3 aromatic rings. The summed E-state index contributed by atoms with van der Waals surface area (Å²) in [6, 6.07) is 20.4. The maximum absolute atomic E-state index is 2.32. The topological polar surface area (TPSA) is 0 Å². The second kappa shape index (κ2) is 6.65. The van der Waals surface area contributed by atoms with Crippen LogP contribution in [0.3, 0.4) is 0 Å². The van der Waals surface area contributed by atoms with Crippen LogP contribution in [-0.2, 0) is 6.42 Å². The van der Waals surface area contributed by atoms with Gasteiger partial charge in [-0.3, -0.25) is 0 Å². The van der Waals surface area contributed by atoms with Crippen LogP contribution in [0.4, 0.5) is 0 Å². The van der Waals surface area contributed by atoms with Gasteiger partial charge in [-0.25, -0.2) is 0 Å². The van der Waals surface area contributed by atoms with E-state index in [1.165, 1.54) is 50.1 Å². The van der Waals surface area contributed by atoms with E-state index < -0.39 is 0 Å². The lowest BCUT2D eigenvalue weighted by atomic mass is 9.93. The number of aryl methyl sites for hydroxylation is 5. The maximum Gasteiger partial charge on any atom is -0.0154 e. The first-order valence-electron chi connectivity index (χ1n) is 8.77. The van der Waals surface area contributed by atoms with E-state index in [1.54, 1.807) is 0 Å². The quantitative estimate of drug-likeness (QED) is 0.497. The molecule has 0 fully saturated rings. The predicted octanol–water partition coefficient (Wildman–Crippen LogP) is 6.82. The Balaban J connectivity index is 2.01. The second-order valence-corrected chi connectivity index (χ2v) is 6.82. The van der Waals surface area contributed by atoms with Gasteiger partial charge in [-0.2, -0.15) is 0 Å². The average molecular weight is 314 g/mol. The van der Waals surface area contributed by atoms with Crippen molar-refractivity contribution in [3.63, 3.8) is 0 Å². The molecule has 122 valence electrons. The molecule has 0 N–H and O–H groups in total. The molecule has 0 unspecified atom stereocenters. The summed E-state index contributed by atoms with van der Waals surface area (Å²) in [5, 5.41) is 0. The van der Waals surface area contributed by atoms with Gasteiger partial charge in [0.05, 0.1) is 0 Å². The zero-order chi connectivity index (χ0) is 17.3. The molecule has 0 saturated carbocycles. The number of rotatable bonds is 3. The van der Waals surface area contributed by atoms with Crippen LogP contribution in [0.15, 0.2) is 54.6 Å². The fourth-order valence-corrected chi connectivity index (χ4v) is 3.35. The van der Waals surface area contributed by atoms with Gasteiger partial charge in [-0.15, -0.1) is 0 Å². The molecule has 0 radical (unpaired) electrons. The zero-order valence-electron chi connectivity index (χ0n) is 15.4. The van der Waals surface area contributed by atoms with Crippen molar-refractivity contribution < 1.29 is 0 Å². The molecule has 0 aliphatic heterocycles. The summed E-state index contributed by atoms with van der Waals surface area (Å²) < 4.78 is 0. The highest BCUT2D eigenvalue weighted by molar-refractivity contribution is 5.74. The van der Waals surface area contributed by atoms with Gasteiger partial charge in [-0.05, 0) is 84.2 Å². The molecule has 0 spiro atoms. The van der Waals surface area contributed by atoms with E-state index in [-0.39, 0.29) is 0 Å². The molecular formula is C24H26. The van der Waals surface area contributed by atoms with E-state index in [0.29, 0.717) is 0 Å². The van der Waals surface area contributed by atoms with Gasteiger partial charge in [0.15, 0.2) is 0 Å². The van der Waals surface area contributed by atoms with Crippen LogP contribution >= 0.6 is 0 Å². The molecule has 0 atom stereocenters. The first kappa shape index (κ1) is 16.5. The highest BCUT2D eigenvalue weighted by atomic mass is 14.1. The Hall–Kier alpha value is -2.34. The van der Waals surface area contributed by atoms with Crippen LogP contribution in [0.5, 0.6) is 0 Å². The van der Waals surface area contributed by atoms with Gasteiger partial charge in [0.2, 0.25) is 0 Å². The van der Waals surface area contributed by atoms with Crippen LogP contribution in [-0.4, -0.2) is 0 Å². The molecule has 3 rings (SSSR count). The fraction of sp³-hybridized carbons (Fsp3) is 0.250. The van der Waals surface area contributed by atoms with Gasteiger partial charge in [0.25, 0.3) is 0 Å².